The number of methoxy groups -OCH3 is 1. The molecule has 0 fully saturated rings. The fourth-order valence-electron chi connectivity index (χ4n) is 6.02. The third-order valence-electron chi connectivity index (χ3n) is 8.35. The Kier molecular flexibility index (Phi) is 8.78. The number of likely N-dealkylation sites (N-methyl/N-ethyl adjacent to an activating group) is 1. The van der Waals surface area contributed by atoms with E-state index < -0.39 is 0 Å². The van der Waals surface area contributed by atoms with E-state index in [1.54, 1.807) is 7.11 Å². The SMILES string of the molecule is COc1ccccc1CN(C)C[C@@H]1OCc2ccccc2-c2c(n(C)c3ccccc23)C(=O)N([C@H](C)CO)C[C@@H]1C. The first-order valence-corrected chi connectivity index (χ1v) is 14.3. The second-order valence-electron chi connectivity index (χ2n) is 11.3. The number of carbonyl (C=O) groups excluding carboxylic acids is 1. The lowest BCUT2D eigenvalue weighted by molar-refractivity contribution is -0.0242. The molecule has 41 heavy (non-hydrogen) atoms. The average Bonchev–Trinajstić information content (AvgIpc) is 3.28. The van der Waals surface area contributed by atoms with Crippen molar-refractivity contribution in [2.24, 2.45) is 13.0 Å². The number of hydrogen-bond acceptors (Lipinski definition) is 5. The maximum atomic E-state index is 14.5. The molecule has 3 aromatic carbocycles. The van der Waals surface area contributed by atoms with Crippen molar-refractivity contribution in [2.45, 2.75) is 39.1 Å². The molecule has 0 saturated heterocycles. The Morgan fingerprint density at radius 1 is 1.07 bits per heavy atom. The lowest BCUT2D eigenvalue weighted by Gasteiger charge is -2.35. The molecule has 0 aliphatic carbocycles. The molecule has 0 radical (unpaired) electrons. The van der Waals surface area contributed by atoms with Gasteiger partial charge in [-0.25, -0.2) is 0 Å². The molecule has 0 spiro atoms. The average molecular weight is 556 g/mol. The largest absolute Gasteiger partial charge is 0.496 e. The second kappa shape index (κ2) is 12.5. The van der Waals surface area contributed by atoms with Crippen molar-refractivity contribution in [3.63, 3.8) is 0 Å². The lowest BCUT2D eigenvalue weighted by atomic mass is 9.96. The summed E-state index contributed by atoms with van der Waals surface area (Å²) in [5.41, 5.74) is 5.71. The highest BCUT2D eigenvalue weighted by Crippen LogP contribution is 2.38. The zero-order valence-corrected chi connectivity index (χ0v) is 24.7. The Balaban J connectivity index is 1.56. The van der Waals surface area contributed by atoms with Crippen molar-refractivity contribution in [1.29, 1.82) is 0 Å². The number of carbonyl (C=O) groups is 1. The molecule has 1 aromatic heterocycles. The molecule has 1 aliphatic rings. The lowest BCUT2D eigenvalue weighted by Crippen LogP contribution is -2.47. The van der Waals surface area contributed by atoms with Gasteiger partial charge in [-0.05, 0) is 37.2 Å². The van der Waals surface area contributed by atoms with Gasteiger partial charge in [0.2, 0.25) is 0 Å². The number of ether oxygens (including phenoxy) is 2. The molecular formula is C34H41N3O4. The number of aryl methyl sites for hydroxylation is 1. The summed E-state index contributed by atoms with van der Waals surface area (Å²) in [6.45, 7) is 6.20. The number of benzene rings is 3. The van der Waals surface area contributed by atoms with E-state index in [2.05, 4.69) is 49.2 Å². The van der Waals surface area contributed by atoms with Gasteiger partial charge in [0.05, 0.1) is 32.5 Å². The molecule has 1 aliphatic heterocycles. The maximum absolute atomic E-state index is 14.5. The molecule has 1 N–H and O–H groups in total. The van der Waals surface area contributed by atoms with Crippen LogP contribution in [0.4, 0.5) is 0 Å². The van der Waals surface area contributed by atoms with Crippen LogP contribution in [0.3, 0.4) is 0 Å². The van der Waals surface area contributed by atoms with E-state index >= 15 is 0 Å². The summed E-state index contributed by atoms with van der Waals surface area (Å²) in [5, 5.41) is 11.3. The minimum absolute atomic E-state index is 0.0106. The van der Waals surface area contributed by atoms with Crippen LogP contribution >= 0.6 is 0 Å². The first kappa shape index (κ1) is 28.9. The van der Waals surface area contributed by atoms with Crippen LogP contribution in [0.25, 0.3) is 22.0 Å². The Bertz CT molecular complexity index is 1510. The number of nitrogens with zero attached hydrogens (tertiary/aromatic N) is 3. The van der Waals surface area contributed by atoms with Gasteiger partial charge in [-0.1, -0.05) is 67.6 Å². The van der Waals surface area contributed by atoms with Gasteiger partial charge >= 0.3 is 0 Å². The number of amides is 1. The van der Waals surface area contributed by atoms with Gasteiger partial charge in [0, 0.05) is 54.6 Å². The Labute approximate surface area is 242 Å². The van der Waals surface area contributed by atoms with Gasteiger partial charge in [0.25, 0.3) is 5.91 Å². The van der Waals surface area contributed by atoms with Gasteiger partial charge in [0.1, 0.15) is 11.4 Å². The summed E-state index contributed by atoms with van der Waals surface area (Å²) in [6.07, 6.45) is -0.151. The van der Waals surface area contributed by atoms with Crippen LogP contribution in [-0.4, -0.2) is 71.4 Å². The summed E-state index contributed by atoms with van der Waals surface area (Å²) < 4.78 is 14.3. The zero-order chi connectivity index (χ0) is 29.1. The number of aliphatic hydroxyl groups is 1. The van der Waals surface area contributed by atoms with Crippen LogP contribution in [0.5, 0.6) is 5.75 Å². The highest BCUT2D eigenvalue weighted by atomic mass is 16.5. The van der Waals surface area contributed by atoms with Gasteiger partial charge in [-0.15, -0.1) is 0 Å². The normalized spacial score (nSPS) is 18.6. The van der Waals surface area contributed by atoms with Crippen molar-refractivity contribution >= 4 is 16.8 Å². The third-order valence-corrected chi connectivity index (χ3v) is 8.35. The molecule has 0 bridgehead atoms. The van der Waals surface area contributed by atoms with Crippen LogP contribution < -0.4 is 4.74 Å². The Morgan fingerprint density at radius 3 is 2.56 bits per heavy atom. The monoisotopic (exact) mass is 555 g/mol. The smallest absolute Gasteiger partial charge is 0.271 e. The zero-order valence-electron chi connectivity index (χ0n) is 24.7. The molecule has 1 amide bonds. The molecule has 2 heterocycles. The molecule has 4 aromatic rings. The number of aromatic nitrogens is 1. The van der Waals surface area contributed by atoms with Crippen LogP contribution in [0.2, 0.25) is 0 Å². The number of hydrogen-bond donors (Lipinski definition) is 1. The Hall–Kier alpha value is -3.65. The summed E-state index contributed by atoms with van der Waals surface area (Å²) in [6, 6.07) is 24.1. The quantitative estimate of drug-likeness (QED) is 0.333. The number of aliphatic hydroxyl groups excluding tert-OH is 1. The van der Waals surface area contributed by atoms with Crippen LogP contribution in [0.15, 0.2) is 72.8 Å². The fraction of sp³-hybridized carbons (Fsp3) is 0.382. The summed E-state index contributed by atoms with van der Waals surface area (Å²) in [5.74, 6) is 0.796. The molecule has 216 valence electrons. The van der Waals surface area contributed by atoms with Crippen LogP contribution in [0.1, 0.15) is 35.5 Å². The van der Waals surface area contributed by atoms with Gasteiger partial charge in [-0.2, -0.15) is 0 Å². The number of para-hydroxylation sites is 2. The molecule has 7 heteroatoms. The fourth-order valence-corrected chi connectivity index (χ4v) is 6.02. The van der Waals surface area contributed by atoms with E-state index in [1.165, 1.54) is 0 Å². The van der Waals surface area contributed by atoms with E-state index in [9.17, 15) is 9.90 Å². The van der Waals surface area contributed by atoms with Crippen LogP contribution in [-0.2, 0) is 24.9 Å². The minimum atomic E-state index is -0.348. The predicted octanol–water partition coefficient (Wildman–Crippen LogP) is 5.34. The highest BCUT2D eigenvalue weighted by Gasteiger charge is 2.33. The van der Waals surface area contributed by atoms with E-state index in [4.69, 9.17) is 9.47 Å². The summed E-state index contributed by atoms with van der Waals surface area (Å²) in [7, 11) is 5.74. The summed E-state index contributed by atoms with van der Waals surface area (Å²) in [4.78, 5) is 18.6. The molecule has 0 saturated carbocycles. The van der Waals surface area contributed by atoms with Crippen molar-refractivity contribution in [1.82, 2.24) is 14.4 Å². The molecular weight excluding hydrogens is 514 g/mol. The van der Waals surface area contributed by atoms with Gasteiger partial charge < -0.3 is 24.0 Å². The molecule has 3 atom stereocenters. The third kappa shape index (κ3) is 5.75. The topological polar surface area (TPSA) is 67.2 Å². The van der Waals surface area contributed by atoms with Crippen LogP contribution in [0, 0.1) is 5.92 Å². The van der Waals surface area contributed by atoms with Crippen molar-refractivity contribution in [3.05, 3.63) is 89.6 Å². The first-order valence-electron chi connectivity index (χ1n) is 14.3. The van der Waals surface area contributed by atoms with Crippen molar-refractivity contribution in [3.8, 4) is 16.9 Å². The predicted molar refractivity (Wildman–Crippen MR) is 163 cm³/mol. The molecule has 0 unspecified atom stereocenters. The van der Waals surface area contributed by atoms with Gasteiger partial charge in [0.15, 0.2) is 0 Å². The molecule has 5 rings (SSSR count). The number of fused-ring (bicyclic) bond motifs is 5. The highest BCUT2D eigenvalue weighted by molar-refractivity contribution is 6.10. The van der Waals surface area contributed by atoms with Crippen molar-refractivity contribution in [2.75, 3.05) is 33.9 Å². The second-order valence-corrected chi connectivity index (χ2v) is 11.3. The maximum Gasteiger partial charge on any atom is 0.271 e. The van der Waals surface area contributed by atoms with E-state index in [0.717, 1.165) is 38.9 Å². The first-order chi connectivity index (χ1) is 19.8. The molecule has 7 nitrogen and oxygen atoms in total. The summed E-state index contributed by atoms with van der Waals surface area (Å²) >= 11 is 0. The minimum Gasteiger partial charge on any atom is -0.496 e. The van der Waals surface area contributed by atoms with Gasteiger partial charge in [-0.3, -0.25) is 9.69 Å². The van der Waals surface area contributed by atoms with E-state index in [0.29, 0.717) is 31.9 Å². The van der Waals surface area contributed by atoms with E-state index in [-0.39, 0.29) is 30.6 Å². The Morgan fingerprint density at radius 2 is 1.78 bits per heavy atom. The standard InChI is InChI=1S/C34H41N3O4/c1-23-18-37(24(2)21-38)34(39)33-32(28-15-9-10-16-29(28)36(33)4)27-14-8-6-13-26(27)22-41-31(23)20-35(3)19-25-12-7-11-17-30(25)40-5/h6-17,23-24,31,38H,18-22H2,1-5H3/t23-,24+,31-/m0/s1. The van der Waals surface area contributed by atoms with Crippen molar-refractivity contribution < 1.29 is 19.4 Å². The number of rotatable bonds is 7. The van der Waals surface area contributed by atoms with E-state index in [1.807, 2.05) is 65.9 Å².